The van der Waals surface area contributed by atoms with Crippen LogP contribution in [0.1, 0.15) is 23.1 Å². The number of amides is 2. The molecule has 1 aromatic heterocycles. The summed E-state index contributed by atoms with van der Waals surface area (Å²) in [6.45, 7) is 5.87. The van der Waals surface area contributed by atoms with Gasteiger partial charge in [-0.1, -0.05) is 24.3 Å². The van der Waals surface area contributed by atoms with E-state index in [1.807, 2.05) is 51.1 Å². The number of carbonyl (C=O) groups excluding carboxylic acids is 2. The van der Waals surface area contributed by atoms with E-state index in [4.69, 9.17) is 0 Å². The number of nitrogens with one attached hydrogen (secondary N) is 2. The summed E-state index contributed by atoms with van der Waals surface area (Å²) in [4.78, 5) is 41.1. The van der Waals surface area contributed by atoms with Crippen molar-refractivity contribution in [2.45, 2.75) is 33.7 Å². The van der Waals surface area contributed by atoms with Crippen molar-refractivity contribution in [3.63, 3.8) is 0 Å². The van der Waals surface area contributed by atoms with Gasteiger partial charge in [-0.25, -0.2) is 4.98 Å². The summed E-state index contributed by atoms with van der Waals surface area (Å²) in [5, 5.41) is 5.91. The Balaban J connectivity index is 1.54. The number of nitrogens with zero attached hydrogens (tertiary/aromatic N) is 2. The van der Waals surface area contributed by atoms with Gasteiger partial charge in [0.15, 0.2) is 0 Å². The summed E-state index contributed by atoms with van der Waals surface area (Å²) in [5.74, 6) is -0.607. The highest BCUT2D eigenvalue weighted by atomic mass is 16.2. The minimum atomic E-state index is -0.308. The molecule has 0 aliphatic carbocycles. The molecule has 29 heavy (non-hydrogen) atoms. The van der Waals surface area contributed by atoms with Crippen LogP contribution < -0.4 is 16.2 Å². The SMILES string of the molecule is Cc1cccc(NC(=O)CNC(=O)CCn2cnc3c(C)cccc3c2=O)c1C. The predicted octanol–water partition coefficient (Wildman–Crippen LogP) is 2.47. The van der Waals surface area contributed by atoms with Gasteiger partial charge in [0.25, 0.3) is 5.56 Å². The maximum Gasteiger partial charge on any atom is 0.261 e. The number of aromatic nitrogens is 2. The topological polar surface area (TPSA) is 93.1 Å². The lowest BCUT2D eigenvalue weighted by molar-refractivity contribution is -0.124. The first kappa shape index (κ1) is 20.3. The van der Waals surface area contributed by atoms with Crippen molar-refractivity contribution < 1.29 is 9.59 Å². The summed E-state index contributed by atoms with van der Waals surface area (Å²) in [6.07, 6.45) is 1.54. The zero-order valence-corrected chi connectivity index (χ0v) is 16.8. The van der Waals surface area contributed by atoms with Crippen molar-refractivity contribution in [3.05, 3.63) is 69.8 Å². The van der Waals surface area contributed by atoms with Crippen LogP contribution in [0.5, 0.6) is 0 Å². The first-order valence-electron chi connectivity index (χ1n) is 9.44. The fraction of sp³-hybridized carbons (Fsp3) is 0.273. The van der Waals surface area contributed by atoms with Crippen LogP contribution in [0.15, 0.2) is 47.5 Å². The highest BCUT2D eigenvalue weighted by Gasteiger charge is 2.10. The van der Waals surface area contributed by atoms with E-state index in [2.05, 4.69) is 15.6 Å². The van der Waals surface area contributed by atoms with Crippen molar-refractivity contribution >= 4 is 28.4 Å². The third kappa shape index (κ3) is 4.68. The summed E-state index contributed by atoms with van der Waals surface area (Å²) < 4.78 is 1.41. The number of hydrogen-bond donors (Lipinski definition) is 2. The molecule has 0 saturated carbocycles. The monoisotopic (exact) mass is 392 g/mol. The fourth-order valence-corrected chi connectivity index (χ4v) is 3.07. The molecule has 1 heterocycles. The van der Waals surface area contributed by atoms with Crippen LogP contribution in [-0.2, 0) is 16.1 Å². The van der Waals surface area contributed by atoms with E-state index in [-0.39, 0.29) is 36.9 Å². The van der Waals surface area contributed by atoms with Gasteiger partial charge in [0.1, 0.15) is 0 Å². The molecule has 0 fully saturated rings. The van der Waals surface area contributed by atoms with Crippen molar-refractivity contribution in [1.29, 1.82) is 0 Å². The highest BCUT2D eigenvalue weighted by Crippen LogP contribution is 2.17. The van der Waals surface area contributed by atoms with Crippen molar-refractivity contribution in [2.75, 3.05) is 11.9 Å². The van der Waals surface area contributed by atoms with Gasteiger partial charge in [0, 0.05) is 18.7 Å². The average molecular weight is 392 g/mol. The molecule has 0 atom stereocenters. The number of fused-ring (bicyclic) bond motifs is 1. The Morgan fingerprint density at radius 3 is 2.52 bits per heavy atom. The third-order valence-electron chi connectivity index (χ3n) is 4.96. The van der Waals surface area contributed by atoms with Gasteiger partial charge in [-0.05, 0) is 49.6 Å². The third-order valence-corrected chi connectivity index (χ3v) is 4.96. The van der Waals surface area contributed by atoms with E-state index in [0.29, 0.717) is 10.9 Å². The quantitative estimate of drug-likeness (QED) is 0.674. The van der Waals surface area contributed by atoms with Crippen LogP contribution in [0.4, 0.5) is 5.69 Å². The molecule has 0 radical (unpaired) electrons. The molecule has 0 spiro atoms. The number of carbonyl (C=O) groups is 2. The highest BCUT2D eigenvalue weighted by molar-refractivity contribution is 5.95. The summed E-state index contributed by atoms with van der Waals surface area (Å²) in [6, 6.07) is 11.1. The zero-order chi connectivity index (χ0) is 21.0. The molecule has 7 nitrogen and oxygen atoms in total. The molecule has 2 aromatic carbocycles. The van der Waals surface area contributed by atoms with E-state index in [9.17, 15) is 14.4 Å². The Kier molecular flexibility index (Phi) is 6.07. The largest absolute Gasteiger partial charge is 0.347 e. The normalized spacial score (nSPS) is 10.7. The Morgan fingerprint density at radius 2 is 1.72 bits per heavy atom. The number of aryl methyl sites for hydroxylation is 3. The van der Waals surface area contributed by atoms with Gasteiger partial charge >= 0.3 is 0 Å². The molecule has 2 amide bonds. The zero-order valence-electron chi connectivity index (χ0n) is 16.8. The molecule has 2 N–H and O–H groups in total. The van der Waals surface area contributed by atoms with Crippen LogP contribution in [0.2, 0.25) is 0 Å². The van der Waals surface area contributed by atoms with E-state index < -0.39 is 0 Å². The minimum absolute atomic E-state index is 0.0790. The summed E-state index contributed by atoms with van der Waals surface area (Å²) >= 11 is 0. The number of anilines is 1. The molecule has 0 aliphatic rings. The molecule has 0 saturated heterocycles. The minimum Gasteiger partial charge on any atom is -0.347 e. The van der Waals surface area contributed by atoms with Crippen LogP contribution in [0, 0.1) is 20.8 Å². The van der Waals surface area contributed by atoms with Crippen LogP contribution in [0.25, 0.3) is 10.9 Å². The lowest BCUT2D eigenvalue weighted by Gasteiger charge is -2.11. The van der Waals surface area contributed by atoms with E-state index >= 15 is 0 Å². The molecule has 0 bridgehead atoms. The molecule has 7 heteroatoms. The standard InChI is InChI=1S/C22H24N4O3/c1-14-6-5-9-18(16(14)3)25-20(28)12-23-19(27)10-11-26-13-24-21-15(2)7-4-8-17(21)22(26)29/h4-9,13H,10-12H2,1-3H3,(H,23,27)(H,25,28). The number of rotatable bonds is 6. The van der Waals surface area contributed by atoms with Gasteiger partial charge in [-0.2, -0.15) is 0 Å². The second-order valence-corrected chi connectivity index (χ2v) is 7.04. The average Bonchev–Trinajstić information content (AvgIpc) is 2.70. The summed E-state index contributed by atoms with van der Waals surface area (Å²) in [7, 11) is 0. The number of benzene rings is 2. The summed E-state index contributed by atoms with van der Waals surface area (Å²) in [5.41, 5.74) is 4.22. The maximum absolute atomic E-state index is 12.5. The molecule has 0 aliphatic heterocycles. The second-order valence-electron chi connectivity index (χ2n) is 7.04. The van der Waals surface area contributed by atoms with Gasteiger partial charge in [0.2, 0.25) is 11.8 Å². The number of para-hydroxylation sites is 1. The second kappa shape index (κ2) is 8.68. The van der Waals surface area contributed by atoms with Gasteiger partial charge in [0.05, 0.1) is 23.8 Å². The Morgan fingerprint density at radius 1 is 1.00 bits per heavy atom. The van der Waals surface area contributed by atoms with Crippen molar-refractivity contribution in [1.82, 2.24) is 14.9 Å². The fourth-order valence-electron chi connectivity index (χ4n) is 3.07. The predicted molar refractivity (Wildman–Crippen MR) is 113 cm³/mol. The van der Waals surface area contributed by atoms with E-state index in [0.717, 1.165) is 22.4 Å². The lowest BCUT2D eigenvalue weighted by atomic mass is 10.1. The Labute approximate surface area is 168 Å². The molecule has 3 aromatic rings. The van der Waals surface area contributed by atoms with Gasteiger partial charge < -0.3 is 10.6 Å². The first-order valence-corrected chi connectivity index (χ1v) is 9.44. The number of hydrogen-bond acceptors (Lipinski definition) is 4. The molecule has 0 unspecified atom stereocenters. The van der Waals surface area contributed by atoms with Crippen LogP contribution in [-0.4, -0.2) is 27.9 Å². The lowest BCUT2D eigenvalue weighted by Crippen LogP contribution is -2.34. The molecular formula is C22H24N4O3. The van der Waals surface area contributed by atoms with E-state index in [1.54, 1.807) is 6.07 Å². The molecular weight excluding hydrogens is 368 g/mol. The first-order chi connectivity index (χ1) is 13.9. The van der Waals surface area contributed by atoms with E-state index in [1.165, 1.54) is 10.9 Å². The smallest absolute Gasteiger partial charge is 0.261 e. The van der Waals surface area contributed by atoms with Crippen LogP contribution >= 0.6 is 0 Å². The molecule has 3 rings (SSSR count). The van der Waals surface area contributed by atoms with Crippen molar-refractivity contribution in [3.8, 4) is 0 Å². The van der Waals surface area contributed by atoms with Gasteiger partial charge in [-0.3, -0.25) is 19.0 Å². The Bertz CT molecular complexity index is 1130. The van der Waals surface area contributed by atoms with Crippen molar-refractivity contribution in [2.24, 2.45) is 0 Å². The van der Waals surface area contributed by atoms with Crippen LogP contribution in [0.3, 0.4) is 0 Å². The molecule has 150 valence electrons. The Hall–Kier alpha value is -3.48. The maximum atomic E-state index is 12.5. The van der Waals surface area contributed by atoms with Gasteiger partial charge in [-0.15, -0.1) is 0 Å².